The molecule has 1 aliphatic heterocycles. The standard InChI is InChI=1S/C14H21N3O/c1-16-7-4-8-17(2)13(11-16)14(18)9-12-5-3-6-15-10-12/h3,5-6,10,13H,4,7-9,11H2,1-2H3. The van der Waals surface area contributed by atoms with Crippen molar-refractivity contribution in [3.05, 3.63) is 30.1 Å². The van der Waals surface area contributed by atoms with Crippen molar-refractivity contribution < 1.29 is 4.79 Å². The first-order chi connectivity index (χ1) is 8.66. The van der Waals surface area contributed by atoms with Crippen molar-refractivity contribution in [1.29, 1.82) is 0 Å². The molecule has 1 unspecified atom stereocenters. The van der Waals surface area contributed by atoms with Gasteiger partial charge in [-0.25, -0.2) is 0 Å². The number of nitrogens with zero attached hydrogens (tertiary/aromatic N) is 3. The molecule has 4 heteroatoms. The van der Waals surface area contributed by atoms with E-state index in [9.17, 15) is 4.79 Å². The lowest BCUT2D eigenvalue weighted by Gasteiger charge is -2.26. The molecule has 0 radical (unpaired) electrons. The minimum absolute atomic E-state index is 0.0118. The van der Waals surface area contributed by atoms with Crippen molar-refractivity contribution in [3.8, 4) is 0 Å². The van der Waals surface area contributed by atoms with Crippen LogP contribution in [0.1, 0.15) is 12.0 Å². The second-order valence-corrected chi connectivity index (χ2v) is 5.12. The maximum Gasteiger partial charge on any atom is 0.155 e. The fraction of sp³-hybridized carbons (Fsp3) is 0.571. The predicted molar refractivity (Wildman–Crippen MR) is 71.5 cm³/mol. The van der Waals surface area contributed by atoms with Crippen molar-refractivity contribution >= 4 is 5.78 Å². The molecule has 1 aromatic heterocycles. The second-order valence-electron chi connectivity index (χ2n) is 5.12. The van der Waals surface area contributed by atoms with Gasteiger partial charge in [-0.15, -0.1) is 0 Å². The van der Waals surface area contributed by atoms with E-state index in [0.717, 1.165) is 31.6 Å². The van der Waals surface area contributed by atoms with E-state index in [2.05, 4.69) is 21.8 Å². The summed E-state index contributed by atoms with van der Waals surface area (Å²) in [5.74, 6) is 0.291. The van der Waals surface area contributed by atoms with E-state index in [1.54, 1.807) is 12.4 Å². The third-order valence-electron chi connectivity index (χ3n) is 3.54. The molecule has 1 saturated heterocycles. The fourth-order valence-electron chi connectivity index (χ4n) is 2.44. The molecule has 4 nitrogen and oxygen atoms in total. The van der Waals surface area contributed by atoms with Crippen LogP contribution in [0.25, 0.3) is 0 Å². The highest BCUT2D eigenvalue weighted by molar-refractivity contribution is 5.86. The molecule has 1 aromatic rings. The molecule has 1 aliphatic rings. The Labute approximate surface area is 109 Å². The van der Waals surface area contributed by atoms with Crippen molar-refractivity contribution in [3.63, 3.8) is 0 Å². The quantitative estimate of drug-likeness (QED) is 0.793. The number of Topliss-reactive ketones (excluding diaryl/α,β-unsaturated/α-hetero) is 1. The Morgan fingerprint density at radius 2 is 2.28 bits per heavy atom. The van der Waals surface area contributed by atoms with Gasteiger partial charge in [0, 0.05) is 25.4 Å². The monoisotopic (exact) mass is 247 g/mol. The lowest BCUT2D eigenvalue weighted by atomic mass is 10.0. The first kappa shape index (κ1) is 13.2. The molecule has 0 saturated carbocycles. The molecule has 1 fully saturated rings. The van der Waals surface area contributed by atoms with E-state index in [1.165, 1.54) is 0 Å². The molecule has 0 amide bonds. The Hall–Kier alpha value is -1.26. The molecule has 2 heterocycles. The number of hydrogen-bond donors (Lipinski definition) is 0. The maximum absolute atomic E-state index is 12.4. The average Bonchev–Trinajstić information content (AvgIpc) is 2.52. The van der Waals surface area contributed by atoms with Gasteiger partial charge < -0.3 is 4.90 Å². The van der Waals surface area contributed by atoms with Crippen molar-refractivity contribution in [2.75, 3.05) is 33.7 Å². The molecular weight excluding hydrogens is 226 g/mol. The third-order valence-corrected chi connectivity index (χ3v) is 3.54. The number of carbonyl (C=O) groups excluding carboxylic acids is 1. The number of ketones is 1. The minimum atomic E-state index is 0.0118. The van der Waals surface area contributed by atoms with Crippen LogP contribution in [0.5, 0.6) is 0 Å². The number of rotatable bonds is 3. The predicted octanol–water partition coefficient (Wildman–Crippen LogP) is 0.829. The molecule has 1 atom stereocenters. The second kappa shape index (κ2) is 6.07. The van der Waals surface area contributed by atoms with Gasteiger partial charge in [-0.05, 0) is 45.2 Å². The van der Waals surface area contributed by atoms with Crippen LogP contribution in [0.15, 0.2) is 24.5 Å². The smallest absolute Gasteiger partial charge is 0.155 e. The van der Waals surface area contributed by atoms with Crippen molar-refractivity contribution in [2.24, 2.45) is 0 Å². The summed E-state index contributed by atoms with van der Waals surface area (Å²) in [6.07, 6.45) is 5.12. The van der Waals surface area contributed by atoms with Crippen LogP contribution in [-0.4, -0.2) is 60.3 Å². The summed E-state index contributed by atoms with van der Waals surface area (Å²) in [6, 6.07) is 3.86. The molecule has 98 valence electrons. The van der Waals surface area contributed by atoms with Gasteiger partial charge in [-0.2, -0.15) is 0 Å². The van der Waals surface area contributed by atoms with Crippen LogP contribution in [-0.2, 0) is 11.2 Å². The molecule has 18 heavy (non-hydrogen) atoms. The van der Waals surface area contributed by atoms with Gasteiger partial charge in [0.05, 0.1) is 6.04 Å². The SMILES string of the molecule is CN1CCCN(C)C(C(=O)Cc2cccnc2)C1. The summed E-state index contributed by atoms with van der Waals surface area (Å²) in [6.45, 7) is 2.89. The van der Waals surface area contributed by atoms with Crippen LogP contribution >= 0.6 is 0 Å². The van der Waals surface area contributed by atoms with E-state index in [1.807, 2.05) is 19.2 Å². The summed E-state index contributed by atoms with van der Waals surface area (Å²) >= 11 is 0. The molecule has 2 rings (SSSR count). The highest BCUT2D eigenvalue weighted by Crippen LogP contribution is 2.10. The summed E-state index contributed by atoms with van der Waals surface area (Å²) in [5, 5.41) is 0. The van der Waals surface area contributed by atoms with Crippen molar-refractivity contribution in [2.45, 2.75) is 18.9 Å². The zero-order chi connectivity index (χ0) is 13.0. The first-order valence-electron chi connectivity index (χ1n) is 6.47. The lowest BCUT2D eigenvalue weighted by molar-refractivity contribution is -0.123. The Morgan fingerprint density at radius 3 is 3.00 bits per heavy atom. The van der Waals surface area contributed by atoms with Gasteiger partial charge in [-0.3, -0.25) is 14.7 Å². The fourth-order valence-corrected chi connectivity index (χ4v) is 2.44. The Bertz CT molecular complexity index is 393. The largest absolute Gasteiger partial charge is 0.304 e. The maximum atomic E-state index is 12.4. The summed E-state index contributed by atoms with van der Waals surface area (Å²) in [4.78, 5) is 20.9. The van der Waals surface area contributed by atoms with Gasteiger partial charge in [0.1, 0.15) is 0 Å². The van der Waals surface area contributed by atoms with Crippen LogP contribution < -0.4 is 0 Å². The van der Waals surface area contributed by atoms with Crippen LogP contribution in [0, 0.1) is 0 Å². The number of aromatic nitrogens is 1. The number of hydrogen-bond acceptors (Lipinski definition) is 4. The number of likely N-dealkylation sites (N-methyl/N-ethyl adjacent to an activating group) is 2. The van der Waals surface area contributed by atoms with Gasteiger partial charge in [-0.1, -0.05) is 6.07 Å². The van der Waals surface area contributed by atoms with Crippen LogP contribution in [0.2, 0.25) is 0 Å². The summed E-state index contributed by atoms with van der Waals surface area (Å²) in [7, 11) is 4.13. The molecule has 0 bridgehead atoms. The Morgan fingerprint density at radius 1 is 1.44 bits per heavy atom. The van der Waals surface area contributed by atoms with E-state index in [-0.39, 0.29) is 6.04 Å². The highest BCUT2D eigenvalue weighted by atomic mass is 16.1. The van der Waals surface area contributed by atoms with Gasteiger partial charge in [0.25, 0.3) is 0 Å². The van der Waals surface area contributed by atoms with Gasteiger partial charge >= 0.3 is 0 Å². The normalized spacial score (nSPS) is 22.7. The molecule has 0 aromatic carbocycles. The number of carbonyl (C=O) groups is 1. The van der Waals surface area contributed by atoms with E-state index in [4.69, 9.17) is 0 Å². The van der Waals surface area contributed by atoms with E-state index >= 15 is 0 Å². The van der Waals surface area contributed by atoms with Gasteiger partial charge in [0.15, 0.2) is 5.78 Å². The lowest BCUT2D eigenvalue weighted by Crippen LogP contribution is -2.44. The molecular formula is C14H21N3O. The number of pyridine rings is 1. The van der Waals surface area contributed by atoms with Crippen LogP contribution in [0.4, 0.5) is 0 Å². The van der Waals surface area contributed by atoms with Gasteiger partial charge in [0.2, 0.25) is 0 Å². The Balaban J connectivity index is 2.02. The zero-order valence-corrected chi connectivity index (χ0v) is 11.2. The van der Waals surface area contributed by atoms with E-state index in [0.29, 0.717) is 12.2 Å². The Kier molecular flexibility index (Phi) is 4.44. The van der Waals surface area contributed by atoms with Crippen molar-refractivity contribution in [1.82, 2.24) is 14.8 Å². The molecule has 0 spiro atoms. The van der Waals surface area contributed by atoms with Crippen LogP contribution in [0.3, 0.4) is 0 Å². The topological polar surface area (TPSA) is 36.4 Å². The van der Waals surface area contributed by atoms with E-state index < -0.39 is 0 Å². The average molecular weight is 247 g/mol. The first-order valence-corrected chi connectivity index (χ1v) is 6.47. The molecule has 0 N–H and O–H groups in total. The minimum Gasteiger partial charge on any atom is -0.304 e. The molecule has 0 aliphatic carbocycles. The summed E-state index contributed by atoms with van der Waals surface area (Å²) in [5.41, 5.74) is 1.00. The highest BCUT2D eigenvalue weighted by Gasteiger charge is 2.26. The zero-order valence-electron chi connectivity index (χ0n) is 11.2. The summed E-state index contributed by atoms with van der Waals surface area (Å²) < 4.78 is 0. The third kappa shape index (κ3) is 3.37.